The average Bonchev–Trinajstić information content (AvgIpc) is 3.73. The lowest BCUT2D eigenvalue weighted by atomic mass is 9.93. The molecule has 0 atom stereocenters. The molecule has 2 aromatic heterocycles. The van der Waals surface area contributed by atoms with E-state index in [-0.39, 0.29) is 5.97 Å². The van der Waals surface area contributed by atoms with Gasteiger partial charge in [0.15, 0.2) is 5.76 Å². The predicted octanol–water partition coefficient (Wildman–Crippen LogP) is 7.11. The number of rotatable bonds is 8. The van der Waals surface area contributed by atoms with Crippen LogP contribution in [0.25, 0.3) is 33.7 Å². The van der Waals surface area contributed by atoms with Crippen LogP contribution in [0.5, 0.6) is 0 Å². The van der Waals surface area contributed by atoms with Crippen molar-refractivity contribution in [1.82, 2.24) is 15.1 Å². The van der Waals surface area contributed by atoms with Gasteiger partial charge in [-0.1, -0.05) is 84.0 Å². The molecule has 1 aliphatic rings. The number of nitrogens with one attached hydrogen (secondary N) is 1. The minimum Gasteiger partial charge on any atom is -0.465 e. The first-order valence-electron chi connectivity index (χ1n) is 13.1. The first kappa shape index (κ1) is 24.6. The van der Waals surface area contributed by atoms with Crippen LogP contribution in [0.2, 0.25) is 0 Å². The quantitative estimate of drug-likeness (QED) is 0.220. The molecule has 1 aliphatic carbocycles. The fourth-order valence-corrected chi connectivity index (χ4v) is 4.82. The summed E-state index contributed by atoms with van der Waals surface area (Å²) in [4.78, 5) is 21.5. The van der Waals surface area contributed by atoms with Crippen molar-refractivity contribution in [3.8, 4) is 33.7 Å². The van der Waals surface area contributed by atoms with E-state index < -0.39 is 5.41 Å². The highest BCUT2D eigenvalue weighted by molar-refractivity contribution is 5.87. The Labute approximate surface area is 226 Å². The van der Waals surface area contributed by atoms with E-state index in [1.807, 2.05) is 68.4 Å². The smallest absolute Gasteiger partial charge is 0.316 e. The molecule has 0 radical (unpaired) electrons. The number of hydrogen-bond acceptors (Lipinski definition) is 7. The molecule has 0 amide bonds. The van der Waals surface area contributed by atoms with Gasteiger partial charge in [0, 0.05) is 11.1 Å². The molecule has 7 heteroatoms. The van der Waals surface area contributed by atoms with Gasteiger partial charge >= 0.3 is 5.97 Å². The molecular formula is C32H28N4O3. The first-order valence-corrected chi connectivity index (χ1v) is 13.1. The van der Waals surface area contributed by atoms with E-state index >= 15 is 0 Å². The number of carbonyl (C=O) groups is 1. The molecule has 1 N–H and O–H groups in total. The molecule has 0 spiro atoms. The van der Waals surface area contributed by atoms with Crippen molar-refractivity contribution >= 4 is 17.5 Å². The van der Waals surface area contributed by atoms with Gasteiger partial charge in [-0.05, 0) is 43.4 Å². The van der Waals surface area contributed by atoms with Crippen molar-refractivity contribution in [2.75, 3.05) is 11.9 Å². The molecule has 39 heavy (non-hydrogen) atoms. The first-order chi connectivity index (χ1) is 19.1. The highest BCUT2D eigenvalue weighted by atomic mass is 16.5. The van der Waals surface area contributed by atoms with Gasteiger partial charge in [0.1, 0.15) is 17.2 Å². The fourth-order valence-electron chi connectivity index (χ4n) is 4.82. The lowest BCUT2D eigenvalue weighted by Gasteiger charge is -2.14. The minimum absolute atomic E-state index is 0.119. The molecule has 5 aromatic rings. The van der Waals surface area contributed by atoms with Gasteiger partial charge in [0.25, 0.3) is 0 Å². The van der Waals surface area contributed by atoms with E-state index in [9.17, 15) is 4.79 Å². The molecule has 1 saturated carbocycles. The summed E-state index contributed by atoms with van der Waals surface area (Å²) >= 11 is 0. The van der Waals surface area contributed by atoms with Gasteiger partial charge in [0.2, 0.25) is 0 Å². The lowest BCUT2D eigenvalue weighted by Crippen LogP contribution is -2.23. The molecule has 6 rings (SSSR count). The van der Waals surface area contributed by atoms with Crippen LogP contribution in [0.15, 0.2) is 95.8 Å². The van der Waals surface area contributed by atoms with Crippen molar-refractivity contribution in [2.24, 2.45) is 0 Å². The Morgan fingerprint density at radius 3 is 2.23 bits per heavy atom. The zero-order valence-corrected chi connectivity index (χ0v) is 21.8. The Hall–Kier alpha value is -4.78. The van der Waals surface area contributed by atoms with Crippen LogP contribution in [0.3, 0.4) is 0 Å². The van der Waals surface area contributed by atoms with Gasteiger partial charge in [-0.15, -0.1) is 0 Å². The number of nitrogens with zero attached hydrogens (tertiary/aromatic N) is 3. The number of aryl methyl sites for hydroxylation is 1. The standard InChI is InChI=1S/C32H28N4O3/c1-3-38-31(37)32(17-18-32)26-15-13-23(14-16-26)22-9-11-25(12-10-22)30-29(21(2)36-39-30)35-28-20-33-19-27(34-28)24-7-5-4-6-8-24/h4-16,19-20H,3,17-18H2,1-2H3,(H,34,35). The summed E-state index contributed by atoms with van der Waals surface area (Å²) in [5.74, 6) is 1.12. The highest BCUT2D eigenvalue weighted by Crippen LogP contribution is 2.49. The van der Waals surface area contributed by atoms with E-state index in [2.05, 4.69) is 39.7 Å². The van der Waals surface area contributed by atoms with Crippen molar-refractivity contribution in [1.29, 1.82) is 0 Å². The molecule has 7 nitrogen and oxygen atoms in total. The number of carbonyl (C=O) groups excluding carboxylic acids is 1. The van der Waals surface area contributed by atoms with Crippen LogP contribution in [-0.2, 0) is 14.9 Å². The van der Waals surface area contributed by atoms with Crippen LogP contribution in [0.1, 0.15) is 31.0 Å². The summed E-state index contributed by atoms with van der Waals surface area (Å²) in [6.45, 7) is 4.14. The van der Waals surface area contributed by atoms with Crippen LogP contribution in [-0.4, -0.2) is 27.7 Å². The molecule has 0 unspecified atom stereocenters. The zero-order chi connectivity index (χ0) is 26.8. The number of esters is 1. The maximum absolute atomic E-state index is 12.4. The van der Waals surface area contributed by atoms with E-state index in [1.54, 1.807) is 12.4 Å². The number of aromatic nitrogens is 3. The summed E-state index contributed by atoms with van der Waals surface area (Å²) in [7, 11) is 0. The molecule has 3 aromatic carbocycles. The molecule has 2 heterocycles. The Balaban J connectivity index is 1.22. The monoisotopic (exact) mass is 516 g/mol. The molecular weight excluding hydrogens is 488 g/mol. The summed E-state index contributed by atoms with van der Waals surface area (Å²) < 4.78 is 11.0. The van der Waals surface area contributed by atoms with Gasteiger partial charge in [-0.2, -0.15) is 0 Å². The van der Waals surface area contributed by atoms with Crippen LogP contribution < -0.4 is 5.32 Å². The van der Waals surface area contributed by atoms with E-state index in [0.717, 1.165) is 57.7 Å². The minimum atomic E-state index is -0.461. The summed E-state index contributed by atoms with van der Waals surface area (Å²) in [6, 6.07) is 26.3. The Kier molecular flexibility index (Phi) is 6.40. The van der Waals surface area contributed by atoms with Gasteiger partial charge in [0.05, 0.1) is 30.1 Å². The summed E-state index contributed by atoms with van der Waals surface area (Å²) in [5.41, 5.74) is 6.85. The van der Waals surface area contributed by atoms with Crippen LogP contribution >= 0.6 is 0 Å². The summed E-state index contributed by atoms with van der Waals surface area (Å²) in [5, 5.41) is 7.55. The van der Waals surface area contributed by atoms with Crippen LogP contribution in [0, 0.1) is 6.92 Å². The molecule has 0 bridgehead atoms. The second kappa shape index (κ2) is 10.2. The van der Waals surface area contributed by atoms with E-state index in [4.69, 9.17) is 14.2 Å². The zero-order valence-electron chi connectivity index (χ0n) is 21.8. The maximum Gasteiger partial charge on any atom is 0.316 e. The SMILES string of the molecule is CCOC(=O)C1(c2ccc(-c3ccc(-c4onc(C)c4Nc4cncc(-c5ccccc5)n4)cc3)cc2)CC1. The second-order valence-corrected chi connectivity index (χ2v) is 9.71. The van der Waals surface area contributed by atoms with Crippen molar-refractivity contribution < 1.29 is 14.1 Å². The van der Waals surface area contributed by atoms with Crippen LogP contribution in [0.4, 0.5) is 11.5 Å². The Morgan fingerprint density at radius 1 is 0.897 bits per heavy atom. The number of ether oxygens (including phenoxy) is 1. The van der Waals surface area contributed by atoms with E-state index in [0.29, 0.717) is 18.2 Å². The van der Waals surface area contributed by atoms with Crippen molar-refractivity contribution in [2.45, 2.75) is 32.1 Å². The largest absolute Gasteiger partial charge is 0.465 e. The summed E-state index contributed by atoms with van der Waals surface area (Å²) in [6.07, 6.45) is 5.11. The number of benzene rings is 3. The Bertz CT molecular complexity index is 1610. The van der Waals surface area contributed by atoms with Gasteiger partial charge in [-0.3, -0.25) is 9.78 Å². The Morgan fingerprint density at radius 2 is 1.56 bits per heavy atom. The fraction of sp³-hybridized carbons (Fsp3) is 0.188. The average molecular weight is 517 g/mol. The van der Waals surface area contributed by atoms with Gasteiger partial charge in [-0.25, -0.2) is 4.98 Å². The lowest BCUT2D eigenvalue weighted by molar-refractivity contribution is -0.146. The second-order valence-electron chi connectivity index (χ2n) is 9.71. The molecule has 0 aliphatic heterocycles. The normalized spacial score (nSPS) is 13.6. The maximum atomic E-state index is 12.4. The van der Waals surface area contributed by atoms with E-state index in [1.165, 1.54) is 0 Å². The third-order valence-electron chi connectivity index (χ3n) is 7.15. The number of anilines is 2. The predicted molar refractivity (Wildman–Crippen MR) is 150 cm³/mol. The third-order valence-corrected chi connectivity index (χ3v) is 7.15. The number of hydrogen-bond donors (Lipinski definition) is 1. The topological polar surface area (TPSA) is 90.1 Å². The van der Waals surface area contributed by atoms with Crippen molar-refractivity contribution in [3.05, 3.63) is 103 Å². The molecule has 194 valence electrons. The van der Waals surface area contributed by atoms with Crippen molar-refractivity contribution in [3.63, 3.8) is 0 Å². The molecule has 0 saturated heterocycles. The molecule has 1 fully saturated rings. The van der Waals surface area contributed by atoms with Gasteiger partial charge < -0.3 is 14.6 Å². The highest BCUT2D eigenvalue weighted by Gasteiger charge is 2.52. The third kappa shape index (κ3) is 4.79.